The average Bonchev–Trinajstić information content (AvgIpc) is 3.09. The lowest BCUT2D eigenvalue weighted by Crippen LogP contribution is -2.22. The van der Waals surface area contributed by atoms with E-state index in [1.807, 2.05) is 0 Å². The molecule has 0 bridgehead atoms. The Kier molecular flexibility index (Phi) is 7.26. The van der Waals surface area contributed by atoms with E-state index < -0.39 is 0 Å². The zero-order valence-corrected chi connectivity index (χ0v) is 19.2. The summed E-state index contributed by atoms with van der Waals surface area (Å²) in [5.41, 5.74) is 7.60. The molecule has 0 atom stereocenters. The first-order chi connectivity index (χ1) is 15.7. The Morgan fingerprint density at radius 1 is 0.688 bits per heavy atom. The van der Waals surface area contributed by atoms with Crippen LogP contribution in [-0.4, -0.2) is 46.8 Å². The van der Waals surface area contributed by atoms with Gasteiger partial charge in [0, 0.05) is 12.5 Å². The Balaban J connectivity index is 1.42. The third-order valence-corrected chi connectivity index (χ3v) is 6.26. The molecule has 0 unspecified atom stereocenters. The van der Waals surface area contributed by atoms with Gasteiger partial charge < -0.3 is 18.9 Å². The first-order valence-electron chi connectivity index (χ1n) is 11.2. The lowest BCUT2D eigenvalue weighted by atomic mass is 9.74. The minimum Gasteiger partial charge on any atom is -0.491 e. The average molecular weight is 433 g/mol. The minimum absolute atomic E-state index is 0.178. The monoisotopic (exact) mass is 432 g/mol. The summed E-state index contributed by atoms with van der Waals surface area (Å²) >= 11 is 0. The fraction of sp³-hybridized carbons (Fsp3) is 0.357. The number of hydrogen-bond acceptors (Lipinski definition) is 4. The molecule has 0 radical (unpaired) electrons. The molecule has 0 amide bonds. The van der Waals surface area contributed by atoms with Crippen LogP contribution in [0.3, 0.4) is 0 Å². The normalized spacial score (nSPS) is 13.6. The van der Waals surface area contributed by atoms with Gasteiger partial charge in [0.15, 0.2) is 0 Å². The minimum atomic E-state index is -0.178. The van der Waals surface area contributed by atoms with E-state index in [4.69, 9.17) is 18.9 Å². The van der Waals surface area contributed by atoms with Crippen molar-refractivity contribution in [2.75, 3.05) is 46.8 Å². The van der Waals surface area contributed by atoms with Crippen LogP contribution in [-0.2, 0) is 19.6 Å². The SMILES string of the molecule is COCCOCCOCCOc1ccc(C2(C)c3ccccc3-c3ccccc32)cc1C. The maximum atomic E-state index is 5.99. The molecule has 0 aliphatic heterocycles. The molecule has 4 nitrogen and oxygen atoms in total. The molecule has 0 aromatic heterocycles. The zero-order chi connectivity index (χ0) is 22.4. The fourth-order valence-corrected chi connectivity index (χ4v) is 4.56. The van der Waals surface area contributed by atoms with E-state index in [9.17, 15) is 0 Å². The molecular weight excluding hydrogens is 400 g/mol. The lowest BCUT2D eigenvalue weighted by Gasteiger charge is -2.29. The molecule has 0 N–H and O–H groups in total. The Morgan fingerprint density at radius 2 is 1.25 bits per heavy atom. The van der Waals surface area contributed by atoms with Gasteiger partial charge in [-0.15, -0.1) is 0 Å². The molecule has 1 aliphatic carbocycles. The molecule has 0 fully saturated rings. The topological polar surface area (TPSA) is 36.9 Å². The van der Waals surface area contributed by atoms with E-state index in [1.54, 1.807) is 7.11 Å². The summed E-state index contributed by atoms with van der Waals surface area (Å²) in [5.74, 6) is 0.900. The number of fused-ring (bicyclic) bond motifs is 3. The van der Waals surface area contributed by atoms with Gasteiger partial charge in [-0.25, -0.2) is 0 Å². The standard InChI is InChI=1S/C28H32O4/c1-21-20-22(12-13-27(21)32-19-18-31-17-16-30-15-14-29-3)28(2)25-10-6-4-8-23(25)24-9-5-7-11-26(24)28/h4-13,20H,14-19H2,1-3H3. The Labute approximate surface area is 191 Å². The maximum absolute atomic E-state index is 5.99. The van der Waals surface area contributed by atoms with Gasteiger partial charge in [0.1, 0.15) is 12.4 Å². The van der Waals surface area contributed by atoms with Crippen LogP contribution in [0.15, 0.2) is 66.7 Å². The highest BCUT2D eigenvalue weighted by molar-refractivity contribution is 5.83. The van der Waals surface area contributed by atoms with Gasteiger partial charge in [0.25, 0.3) is 0 Å². The van der Waals surface area contributed by atoms with Gasteiger partial charge in [0.05, 0.1) is 33.0 Å². The van der Waals surface area contributed by atoms with E-state index >= 15 is 0 Å². The van der Waals surface area contributed by atoms with Crippen LogP contribution in [0.4, 0.5) is 0 Å². The van der Waals surface area contributed by atoms with Crippen molar-refractivity contribution in [3.05, 3.63) is 89.0 Å². The lowest BCUT2D eigenvalue weighted by molar-refractivity contribution is 0.0179. The maximum Gasteiger partial charge on any atom is 0.122 e. The van der Waals surface area contributed by atoms with Gasteiger partial charge >= 0.3 is 0 Å². The van der Waals surface area contributed by atoms with Crippen LogP contribution in [0.1, 0.15) is 29.2 Å². The number of ether oxygens (including phenoxy) is 4. The number of benzene rings is 3. The largest absolute Gasteiger partial charge is 0.491 e. The first kappa shape index (κ1) is 22.5. The van der Waals surface area contributed by atoms with E-state index in [1.165, 1.54) is 27.8 Å². The second-order valence-corrected chi connectivity index (χ2v) is 8.26. The predicted molar refractivity (Wildman–Crippen MR) is 128 cm³/mol. The summed E-state index contributed by atoms with van der Waals surface area (Å²) in [6.07, 6.45) is 0. The fourth-order valence-electron chi connectivity index (χ4n) is 4.56. The third kappa shape index (κ3) is 4.44. The summed E-state index contributed by atoms with van der Waals surface area (Å²) in [6, 6.07) is 24.0. The molecule has 4 rings (SSSR count). The van der Waals surface area contributed by atoms with Crippen molar-refractivity contribution in [2.45, 2.75) is 19.3 Å². The molecule has 0 saturated carbocycles. The van der Waals surface area contributed by atoms with Crippen molar-refractivity contribution in [1.82, 2.24) is 0 Å². The Hall–Kier alpha value is -2.66. The van der Waals surface area contributed by atoms with Crippen molar-refractivity contribution in [3.63, 3.8) is 0 Å². The molecule has 1 aliphatic rings. The van der Waals surface area contributed by atoms with Gasteiger partial charge in [-0.1, -0.05) is 60.7 Å². The van der Waals surface area contributed by atoms with Gasteiger partial charge in [-0.2, -0.15) is 0 Å². The Bertz CT molecular complexity index is 998. The highest BCUT2D eigenvalue weighted by Gasteiger charge is 2.40. The number of aryl methyl sites for hydroxylation is 1. The third-order valence-electron chi connectivity index (χ3n) is 6.26. The van der Waals surface area contributed by atoms with Crippen molar-refractivity contribution < 1.29 is 18.9 Å². The molecule has 3 aromatic rings. The summed E-state index contributed by atoms with van der Waals surface area (Å²) in [5, 5.41) is 0. The van der Waals surface area contributed by atoms with Crippen LogP contribution >= 0.6 is 0 Å². The van der Waals surface area contributed by atoms with E-state index in [0.717, 1.165) is 11.3 Å². The van der Waals surface area contributed by atoms with Crippen molar-refractivity contribution in [2.24, 2.45) is 0 Å². The van der Waals surface area contributed by atoms with Crippen LogP contribution in [0.2, 0.25) is 0 Å². The van der Waals surface area contributed by atoms with Crippen LogP contribution in [0.25, 0.3) is 11.1 Å². The highest BCUT2D eigenvalue weighted by Crippen LogP contribution is 2.52. The van der Waals surface area contributed by atoms with Crippen LogP contribution < -0.4 is 4.74 Å². The van der Waals surface area contributed by atoms with Crippen molar-refractivity contribution in [1.29, 1.82) is 0 Å². The number of methoxy groups -OCH3 is 1. The summed E-state index contributed by atoms with van der Waals surface area (Å²) in [4.78, 5) is 0. The van der Waals surface area contributed by atoms with Crippen LogP contribution in [0.5, 0.6) is 5.75 Å². The molecule has 4 heteroatoms. The summed E-state index contributed by atoms with van der Waals surface area (Å²) in [6.45, 7) is 7.81. The van der Waals surface area contributed by atoms with Crippen LogP contribution in [0, 0.1) is 6.92 Å². The predicted octanol–water partition coefficient (Wildman–Crippen LogP) is 5.39. The van der Waals surface area contributed by atoms with E-state index in [-0.39, 0.29) is 5.41 Å². The second-order valence-electron chi connectivity index (χ2n) is 8.26. The highest BCUT2D eigenvalue weighted by atomic mass is 16.6. The quantitative estimate of drug-likeness (QED) is 0.381. The molecule has 0 spiro atoms. The smallest absolute Gasteiger partial charge is 0.122 e. The number of hydrogen-bond donors (Lipinski definition) is 0. The Morgan fingerprint density at radius 3 is 1.84 bits per heavy atom. The first-order valence-corrected chi connectivity index (χ1v) is 11.2. The van der Waals surface area contributed by atoms with Gasteiger partial charge in [0.2, 0.25) is 0 Å². The summed E-state index contributed by atoms with van der Waals surface area (Å²) in [7, 11) is 1.66. The molecule has 0 saturated heterocycles. The molecular formula is C28H32O4. The zero-order valence-electron chi connectivity index (χ0n) is 19.2. The molecule has 0 heterocycles. The molecule has 32 heavy (non-hydrogen) atoms. The van der Waals surface area contributed by atoms with Gasteiger partial charge in [-0.05, 0) is 53.3 Å². The van der Waals surface area contributed by atoms with Gasteiger partial charge in [-0.3, -0.25) is 0 Å². The number of rotatable bonds is 11. The molecule has 3 aromatic carbocycles. The second kappa shape index (κ2) is 10.3. The van der Waals surface area contributed by atoms with E-state index in [0.29, 0.717) is 39.6 Å². The van der Waals surface area contributed by atoms with Crippen molar-refractivity contribution >= 4 is 0 Å². The molecule has 168 valence electrons. The summed E-state index contributed by atoms with van der Waals surface area (Å²) < 4.78 is 21.9. The van der Waals surface area contributed by atoms with E-state index in [2.05, 4.69) is 80.6 Å². The van der Waals surface area contributed by atoms with Crippen molar-refractivity contribution in [3.8, 4) is 16.9 Å².